The van der Waals surface area contributed by atoms with E-state index in [2.05, 4.69) is 15.0 Å². The molecule has 4 aromatic rings. The predicted octanol–water partition coefficient (Wildman–Crippen LogP) is 2.20. The molecule has 0 atom stereocenters. The van der Waals surface area contributed by atoms with Crippen LogP contribution in [0.25, 0.3) is 22.5 Å². The lowest BCUT2D eigenvalue weighted by atomic mass is 10.3. The van der Waals surface area contributed by atoms with Gasteiger partial charge in [0.15, 0.2) is 11.5 Å². The Bertz CT molecular complexity index is 1090. The molecule has 0 radical (unpaired) electrons. The molecule has 0 bridgehead atoms. The number of halogens is 1. The first-order valence-corrected chi connectivity index (χ1v) is 7.45. The molecule has 0 aliphatic heterocycles. The van der Waals surface area contributed by atoms with Crippen molar-refractivity contribution < 1.29 is 0 Å². The molecule has 3 heterocycles. The second kappa shape index (κ2) is 5.47. The molecule has 0 saturated heterocycles. The summed E-state index contributed by atoms with van der Waals surface area (Å²) < 4.78 is 2.92. The lowest BCUT2D eigenvalue weighted by molar-refractivity contribution is 0.920. The third-order valence-electron chi connectivity index (χ3n) is 3.64. The van der Waals surface area contributed by atoms with Crippen molar-refractivity contribution in [3.63, 3.8) is 0 Å². The molecule has 2 N–H and O–H groups in total. The Balaban J connectivity index is 2.13. The third-order valence-corrected chi connectivity index (χ3v) is 3.89. The van der Waals surface area contributed by atoms with E-state index in [0.717, 1.165) is 0 Å². The first-order chi connectivity index (χ1) is 11.7. The number of imidazole rings is 1. The highest BCUT2D eigenvalue weighted by Gasteiger charge is 2.19. The van der Waals surface area contributed by atoms with Crippen LogP contribution in [0.15, 0.2) is 59.9 Å². The number of nitrogens with zero attached hydrogens (tertiary/aromatic N) is 5. The molecule has 1 aromatic carbocycles. The predicted molar refractivity (Wildman–Crippen MR) is 91.7 cm³/mol. The van der Waals surface area contributed by atoms with Gasteiger partial charge in [0.2, 0.25) is 0 Å². The number of aromatic nitrogens is 5. The number of hydrogen-bond acceptors (Lipinski definition) is 5. The van der Waals surface area contributed by atoms with Gasteiger partial charge in [0, 0.05) is 11.2 Å². The van der Waals surface area contributed by atoms with Gasteiger partial charge in [0.05, 0.1) is 17.6 Å². The summed E-state index contributed by atoms with van der Waals surface area (Å²) in [5.41, 5.74) is 7.78. The minimum absolute atomic E-state index is 0.217. The Hall–Kier alpha value is -3.19. The molecule has 4 rings (SSSR count). The summed E-state index contributed by atoms with van der Waals surface area (Å²) in [6, 6.07) is 10.4. The first kappa shape index (κ1) is 14.4. The summed E-state index contributed by atoms with van der Waals surface area (Å²) in [5.74, 6) is 0.217. The number of hydrogen-bond donors (Lipinski definition) is 1. The van der Waals surface area contributed by atoms with Gasteiger partial charge in [-0.25, -0.2) is 19.3 Å². The second-order valence-corrected chi connectivity index (χ2v) is 5.51. The Morgan fingerprint density at radius 2 is 1.79 bits per heavy atom. The normalized spacial score (nSPS) is 11.0. The van der Waals surface area contributed by atoms with E-state index in [1.165, 1.54) is 15.5 Å². The zero-order valence-electron chi connectivity index (χ0n) is 12.3. The highest BCUT2D eigenvalue weighted by Crippen LogP contribution is 2.23. The summed E-state index contributed by atoms with van der Waals surface area (Å²) >= 11 is 5.94. The largest absolute Gasteiger partial charge is 0.382 e. The van der Waals surface area contributed by atoms with E-state index >= 15 is 0 Å². The second-order valence-electron chi connectivity index (χ2n) is 5.07. The lowest BCUT2D eigenvalue weighted by Gasteiger charge is -2.04. The summed E-state index contributed by atoms with van der Waals surface area (Å²) in [6.07, 6.45) is 4.55. The maximum atomic E-state index is 13.1. The molecular formula is C16H11ClN6O. The Labute approximate surface area is 141 Å². The third kappa shape index (κ3) is 2.14. The fraction of sp³-hybridized carbons (Fsp3) is 0. The van der Waals surface area contributed by atoms with Gasteiger partial charge in [-0.3, -0.25) is 9.55 Å². The van der Waals surface area contributed by atoms with Gasteiger partial charge in [-0.1, -0.05) is 11.6 Å². The van der Waals surface area contributed by atoms with E-state index < -0.39 is 0 Å². The SMILES string of the molecule is Nc1ncnc2c1n(-c1ccc(Cl)cc1)c(=O)n2-c1cccnc1. The standard InChI is InChI=1S/C16H11ClN6O/c17-10-3-5-11(6-4-10)22-13-14(18)20-9-21-15(13)23(16(22)24)12-2-1-7-19-8-12/h1-9H,(H2,18,20,21). The molecule has 0 saturated carbocycles. The van der Waals surface area contributed by atoms with Crippen molar-refractivity contribution in [2.45, 2.75) is 0 Å². The highest BCUT2D eigenvalue weighted by atomic mass is 35.5. The Morgan fingerprint density at radius 3 is 2.50 bits per heavy atom. The molecule has 0 fully saturated rings. The van der Waals surface area contributed by atoms with Gasteiger partial charge < -0.3 is 5.73 Å². The van der Waals surface area contributed by atoms with Crippen molar-refractivity contribution in [1.82, 2.24) is 24.1 Å². The van der Waals surface area contributed by atoms with Crippen LogP contribution in [-0.4, -0.2) is 24.1 Å². The molecule has 24 heavy (non-hydrogen) atoms. The fourth-order valence-electron chi connectivity index (χ4n) is 2.60. The van der Waals surface area contributed by atoms with Gasteiger partial charge in [0.25, 0.3) is 0 Å². The number of fused-ring (bicyclic) bond motifs is 1. The van der Waals surface area contributed by atoms with Crippen LogP contribution in [0.3, 0.4) is 0 Å². The minimum Gasteiger partial charge on any atom is -0.382 e. The van der Waals surface area contributed by atoms with Gasteiger partial charge in [-0.15, -0.1) is 0 Å². The number of nitrogens with two attached hydrogens (primary N) is 1. The molecular weight excluding hydrogens is 328 g/mol. The molecule has 8 heteroatoms. The van der Waals surface area contributed by atoms with E-state index in [4.69, 9.17) is 17.3 Å². The fourth-order valence-corrected chi connectivity index (χ4v) is 2.72. The Kier molecular flexibility index (Phi) is 3.28. The average molecular weight is 339 g/mol. The van der Waals surface area contributed by atoms with Crippen molar-refractivity contribution >= 4 is 28.6 Å². The quantitative estimate of drug-likeness (QED) is 0.605. The van der Waals surface area contributed by atoms with Crippen LogP contribution < -0.4 is 11.4 Å². The molecule has 0 unspecified atom stereocenters. The van der Waals surface area contributed by atoms with Crippen molar-refractivity contribution in [3.05, 3.63) is 70.6 Å². The van der Waals surface area contributed by atoms with Crippen LogP contribution in [0.2, 0.25) is 5.02 Å². The summed E-state index contributed by atoms with van der Waals surface area (Å²) in [7, 11) is 0. The summed E-state index contributed by atoms with van der Waals surface area (Å²) in [6.45, 7) is 0. The maximum absolute atomic E-state index is 13.1. The average Bonchev–Trinajstić information content (AvgIpc) is 2.90. The maximum Gasteiger partial charge on any atom is 0.339 e. The first-order valence-electron chi connectivity index (χ1n) is 7.07. The summed E-state index contributed by atoms with van der Waals surface area (Å²) in [5, 5.41) is 0.576. The van der Waals surface area contributed by atoms with Crippen LogP contribution in [0, 0.1) is 0 Å². The minimum atomic E-state index is -0.312. The van der Waals surface area contributed by atoms with Crippen LogP contribution in [-0.2, 0) is 0 Å². The van der Waals surface area contributed by atoms with Gasteiger partial charge in [-0.2, -0.15) is 0 Å². The van der Waals surface area contributed by atoms with E-state index in [9.17, 15) is 4.79 Å². The van der Waals surface area contributed by atoms with Crippen molar-refractivity contribution in [3.8, 4) is 11.4 Å². The monoisotopic (exact) mass is 338 g/mol. The van der Waals surface area contributed by atoms with E-state index in [1.807, 2.05) is 0 Å². The topological polar surface area (TPSA) is 91.6 Å². The lowest BCUT2D eigenvalue weighted by Crippen LogP contribution is -2.22. The van der Waals surface area contributed by atoms with Gasteiger partial charge in [0.1, 0.15) is 11.8 Å². The van der Waals surface area contributed by atoms with Crippen LogP contribution in [0.4, 0.5) is 5.82 Å². The zero-order chi connectivity index (χ0) is 16.7. The molecule has 0 amide bonds. The molecule has 0 aliphatic rings. The Morgan fingerprint density at radius 1 is 1.00 bits per heavy atom. The van der Waals surface area contributed by atoms with Gasteiger partial charge in [-0.05, 0) is 36.4 Å². The number of pyridine rings is 1. The van der Waals surface area contributed by atoms with E-state index in [1.54, 1.807) is 48.8 Å². The summed E-state index contributed by atoms with van der Waals surface area (Å²) in [4.78, 5) is 25.4. The molecule has 0 spiro atoms. The molecule has 7 nitrogen and oxygen atoms in total. The van der Waals surface area contributed by atoms with Gasteiger partial charge >= 0.3 is 5.69 Å². The van der Waals surface area contributed by atoms with Crippen LogP contribution >= 0.6 is 11.6 Å². The van der Waals surface area contributed by atoms with Crippen molar-refractivity contribution in [2.75, 3.05) is 5.73 Å². The van der Waals surface area contributed by atoms with Crippen molar-refractivity contribution in [1.29, 1.82) is 0 Å². The van der Waals surface area contributed by atoms with Crippen molar-refractivity contribution in [2.24, 2.45) is 0 Å². The highest BCUT2D eigenvalue weighted by molar-refractivity contribution is 6.30. The molecule has 118 valence electrons. The van der Waals surface area contributed by atoms with Crippen LogP contribution in [0.1, 0.15) is 0 Å². The molecule has 3 aromatic heterocycles. The molecule has 0 aliphatic carbocycles. The zero-order valence-corrected chi connectivity index (χ0v) is 13.1. The number of benzene rings is 1. The number of anilines is 1. The number of nitrogen functional groups attached to an aromatic ring is 1. The smallest absolute Gasteiger partial charge is 0.339 e. The van der Waals surface area contributed by atoms with E-state index in [0.29, 0.717) is 27.6 Å². The van der Waals surface area contributed by atoms with Crippen LogP contribution in [0.5, 0.6) is 0 Å². The van der Waals surface area contributed by atoms with E-state index in [-0.39, 0.29) is 11.5 Å². The number of rotatable bonds is 2.